The number of amides is 3. The lowest BCUT2D eigenvalue weighted by molar-refractivity contribution is -0.180. The lowest BCUT2D eigenvalue weighted by atomic mass is 9.85. The topological polar surface area (TPSA) is 174 Å². The molecule has 234 valence electrons. The number of aryl methyl sites for hydroxylation is 1. The fourth-order valence-electron chi connectivity index (χ4n) is 5.49. The average Bonchev–Trinajstić information content (AvgIpc) is 3.56. The molecular formula is C32H37N3O9. The van der Waals surface area contributed by atoms with Crippen molar-refractivity contribution in [2.24, 2.45) is 5.41 Å². The number of ether oxygens (including phenoxy) is 1. The van der Waals surface area contributed by atoms with Crippen molar-refractivity contribution in [1.82, 2.24) is 10.2 Å². The summed E-state index contributed by atoms with van der Waals surface area (Å²) >= 11 is 0. The minimum absolute atomic E-state index is 0.0551. The number of hydrogen-bond donors (Lipinski definition) is 4. The van der Waals surface area contributed by atoms with E-state index in [1.165, 1.54) is 35.3 Å². The first-order valence-electron chi connectivity index (χ1n) is 14.2. The van der Waals surface area contributed by atoms with Gasteiger partial charge in [-0.25, -0.2) is 9.59 Å². The number of hydrogen-bond acceptors (Lipinski definition) is 7. The predicted octanol–water partition coefficient (Wildman–Crippen LogP) is 2.53. The van der Waals surface area contributed by atoms with Gasteiger partial charge in [-0.3, -0.25) is 14.4 Å². The Hall–Kier alpha value is -4.71. The average molecular weight is 608 g/mol. The van der Waals surface area contributed by atoms with Crippen LogP contribution in [0.15, 0.2) is 48.5 Å². The molecule has 2 aromatic rings. The number of likely N-dealkylation sites (tertiary alicyclic amines) is 1. The van der Waals surface area contributed by atoms with Crippen LogP contribution in [0.1, 0.15) is 56.4 Å². The first kappa shape index (κ1) is 32.2. The standard InChI is InChI=1S/C32H37N3O9/c1-18-8-6-9-20(16-18)34(5)27(38)22-10-7-15-35(22)28(39)25(31(2,3)4)33-24(36)14-12-19-11-13-23-21(17-19)26(37)32(44-23,29(40)41)30(42)43/h6,8-9,11-14,16-17,22,25-26,37H,7,10,15H2,1-5H3,(H,33,36)(H,40,41)(H,42,43)/b14-12+. The van der Waals surface area contributed by atoms with Crippen molar-refractivity contribution in [1.29, 1.82) is 0 Å². The first-order valence-corrected chi connectivity index (χ1v) is 14.2. The molecule has 0 radical (unpaired) electrons. The summed E-state index contributed by atoms with van der Waals surface area (Å²) in [5.74, 6) is -4.99. The fourth-order valence-corrected chi connectivity index (χ4v) is 5.49. The normalized spacial score (nSPS) is 19.6. The summed E-state index contributed by atoms with van der Waals surface area (Å²) < 4.78 is 5.12. The molecule has 0 aromatic heterocycles. The maximum atomic E-state index is 13.8. The minimum atomic E-state index is -2.88. The van der Waals surface area contributed by atoms with Crippen LogP contribution in [0, 0.1) is 12.3 Å². The van der Waals surface area contributed by atoms with E-state index in [2.05, 4.69) is 5.32 Å². The molecule has 1 fully saturated rings. The third kappa shape index (κ3) is 6.02. The summed E-state index contributed by atoms with van der Waals surface area (Å²) in [6.07, 6.45) is 1.72. The van der Waals surface area contributed by atoms with Gasteiger partial charge in [0.2, 0.25) is 17.7 Å². The predicted molar refractivity (Wildman–Crippen MR) is 160 cm³/mol. The Morgan fingerprint density at radius 2 is 1.77 bits per heavy atom. The van der Waals surface area contributed by atoms with Crippen LogP contribution in [0.4, 0.5) is 5.69 Å². The number of rotatable bonds is 8. The first-order chi connectivity index (χ1) is 20.6. The van der Waals surface area contributed by atoms with Crippen LogP contribution in [0.3, 0.4) is 0 Å². The van der Waals surface area contributed by atoms with Crippen molar-refractivity contribution in [2.75, 3.05) is 18.5 Å². The van der Waals surface area contributed by atoms with Gasteiger partial charge in [-0.05, 0) is 66.6 Å². The number of carboxylic acids is 2. The van der Waals surface area contributed by atoms with Gasteiger partial charge in [0.05, 0.1) is 0 Å². The molecule has 0 aliphatic carbocycles. The second-order valence-electron chi connectivity index (χ2n) is 12.2. The molecular weight excluding hydrogens is 570 g/mol. The van der Waals surface area contributed by atoms with Crippen LogP contribution >= 0.6 is 0 Å². The molecule has 2 aliphatic heterocycles. The highest BCUT2D eigenvalue weighted by Gasteiger charge is 2.61. The van der Waals surface area contributed by atoms with Gasteiger partial charge >= 0.3 is 17.5 Å². The molecule has 44 heavy (non-hydrogen) atoms. The molecule has 2 aromatic carbocycles. The Morgan fingerprint density at radius 3 is 2.39 bits per heavy atom. The van der Waals surface area contributed by atoms with E-state index >= 15 is 0 Å². The summed E-state index contributed by atoms with van der Waals surface area (Å²) in [5, 5.41) is 32.2. The lowest BCUT2D eigenvalue weighted by Crippen LogP contribution is -2.57. The number of likely N-dealkylation sites (N-methyl/N-ethyl adjacent to an activating group) is 1. The molecule has 3 atom stereocenters. The van der Waals surface area contributed by atoms with E-state index in [0.29, 0.717) is 24.9 Å². The van der Waals surface area contributed by atoms with E-state index in [4.69, 9.17) is 4.74 Å². The van der Waals surface area contributed by atoms with Crippen molar-refractivity contribution in [2.45, 2.75) is 64.3 Å². The minimum Gasteiger partial charge on any atom is -0.478 e. The molecule has 0 bridgehead atoms. The summed E-state index contributed by atoms with van der Waals surface area (Å²) in [7, 11) is 1.68. The molecule has 2 heterocycles. The Balaban J connectivity index is 1.49. The maximum Gasteiger partial charge on any atom is 0.363 e. The lowest BCUT2D eigenvalue weighted by Gasteiger charge is -2.36. The summed E-state index contributed by atoms with van der Waals surface area (Å²) in [5.41, 5.74) is -1.56. The van der Waals surface area contributed by atoms with Gasteiger partial charge in [-0.15, -0.1) is 0 Å². The number of nitrogens with zero attached hydrogens (tertiary/aromatic N) is 2. The molecule has 12 nitrogen and oxygen atoms in total. The Morgan fingerprint density at radius 1 is 1.09 bits per heavy atom. The van der Waals surface area contributed by atoms with Crippen molar-refractivity contribution in [3.8, 4) is 5.75 Å². The quantitative estimate of drug-likeness (QED) is 0.260. The number of aliphatic hydroxyl groups is 1. The number of benzene rings is 2. The monoisotopic (exact) mass is 607 g/mol. The number of anilines is 1. The van der Waals surface area contributed by atoms with E-state index in [1.807, 2.05) is 52.0 Å². The third-order valence-electron chi connectivity index (χ3n) is 7.99. The van der Waals surface area contributed by atoms with Crippen LogP contribution in [0.5, 0.6) is 5.75 Å². The van der Waals surface area contributed by atoms with E-state index in [1.54, 1.807) is 11.9 Å². The highest BCUT2D eigenvalue weighted by Crippen LogP contribution is 2.44. The second kappa shape index (κ2) is 12.1. The SMILES string of the molecule is Cc1cccc(N(C)C(=O)C2CCCN2C(=O)C(NC(=O)/C=C/c2ccc3c(c2)C(O)C(C(=O)O)(C(=O)O)O3)C(C)(C)C)c1. The molecule has 2 aliphatic rings. The number of carbonyl (C=O) groups is 5. The van der Waals surface area contributed by atoms with E-state index in [-0.39, 0.29) is 23.1 Å². The van der Waals surface area contributed by atoms with Gasteiger partial charge in [0.15, 0.2) is 0 Å². The Labute approximate surface area is 254 Å². The zero-order valence-electron chi connectivity index (χ0n) is 25.2. The highest BCUT2D eigenvalue weighted by atomic mass is 16.6. The fraction of sp³-hybridized carbons (Fsp3) is 0.406. The highest BCUT2D eigenvalue weighted by molar-refractivity contribution is 6.04. The van der Waals surface area contributed by atoms with Gasteiger partial charge in [-0.1, -0.05) is 39.0 Å². The van der Waals surface area contributed by atoms with Crippen LogP contribution in [-0.4, -0.2) is 81.2 Å². The van der Waals surface area contributed by atoms with Crippen LogP contribution in [0.25, 0.3) is 6.08 Å². The molecule has 12 heteroatoms. The number of carboxylic acid groups (broad SMARTS) is 2. The van der Waals surface area contributed by atoms with Crippen molar-refractivity contribution in [3.05, 3.63) is 65.2 Å². The zero-order chi connectivity index (χ0) is 32.6. The molecule has 4 N–H and O–H groups in total. The van der Waals surface area contributed by atoms with Gasteiger partial charge in [-0.2, -0.15) is 0 Å². The summed E-state index contributed by atoms with van der Waals surface area (Å²) in [6, 6.07) is 10.00. The summed E-state index contributed by atoms with van der Waals surface area (Å²) in [4.78, 5) is 66.8. The number of aliphatic hydroxyl groups excluding tert-OH is 1. The van der Waals surface area contributed by atoms with Crippen molar-refractivity contribution in [3.63, 3.8) is 0 Å². The molecule has 0 spiro atoms. The molecule has 4 rings (SSSR count). The van der Waals surface area contributed by atoms with Gasteiger partial charge in [0.1, 0.15) is 23.9 Å². The van der Waals surface area contributed by atoms with Crippen molar-refractivity contribution < 1.29 is 44.0 Å². The smallest absolute Gasteiger partial charge is 0.363 e. The maximum absolute atomic E-state index is 13.8. The van der Waals surface area contributed by atoms with Crippen LogP contribution < -0.4 is 15.0 Å². The largest absolute Gasteiger partial charge is 0.478 e. The zero-order valence-corrected chi connectivity index (χ0v) is 25.2. The van der Waals surface area contributed by atoms with Crippen molar-refractivity contribution >= 4 is 41.4 Å². The van der Waals surface area contributed by atoms with Gasteiger partial charge < -0.3 is 35.2 Å². The van der Waals surface area contributed by atoms with Crippen LogP contribution in [0.2, 0.25) is 0 Å². The molecule has 3 unspecified atom stereocenters. The number of fused-ring (bicyclic) bond motifs is 1. The van der Waals surface area contributed by atoms with Gasteiger partial charge in [0, 0.05) is 30.9 Å². The van der Waals surface area contributed by atoms with E-state index in [0.717, 1.165) is 11.3 Å². The number of nitrogens with one attached hydrogen (secondary N) is 1. The molecule has 0 saturated carbocycles. The third-order valence-corrected chi connectivity index (χ3v) is 7.99. The number of aliphatic carboxylic acids is 2. The van der Waals surface area contributed by atoms with E-state index < -0.39 is 47.0 Å². The van der Waals surface area contributed by atoms with E-state index in [9.17, 15) is 39.3 Å². The van der Waals surface area contributed by atoms with Crippen LogP contribution in [-0.2, 0) is 24.0 Å². The number of carbonyl (C=O) groups excluding carboxylic acids is 3. The van der Waals surface area contributed by atoms with Gasteiger partial charge in [0.25, 0.3) is 0 Å². The Kier molecular flexibility index (Phi) is 8.87. The summed E-state index contributed by atoms with van der Waals surface area (Å²) in [6.45, 7) is 7.74. The Bertz CT molecular complexity index is 1510. The second-order valence-corrected chi connectivity index (χ2v) is 12.2. The molecule has 1 saturated heterocycles. The molecule has 3 amide bonds.